The van der Waals surface area contributed by atoms with Crippen LogP contribution in [0.5, 0.6) is 0 Å². The van der Waals surface area contributed by atoms with E-state index in [1.807, 2.05) is 30.3 Å². The average Bonchev–Trinajstić information content (AvgIpc) is 3.35. The Hall–Kier alpha value is -4.62. The average molecular weight is 592 g/mol. The second kappa shape index (κ2) is 11.9. The molecule has 0 fully saturated rings. The third-order valence-electron chi connectivity index (χ3n) is 7.98. The van der Waals surface area contributed by atoms with Gasteiger partial charge in [0.05, 0.1) is 35.1 Å². The lowest BCUT2D eigenvalue weighted by atomic mass is 9.85. The maximum absolute atomic E-state index is 13.7. The van der Waals surface area contributed by atoms with E-state index in [1.54, 1.807) is 17.6 Å². The number of carbonyl (C=O) groups excluding carboxylic acids is 3. The zero-order valence-corrected chi connectivity index (χ0v) is 23.6. The molecule has 2 aliphatic rings. The highest BCUT2D eigenvalue weighted by Gasteiger charge is 2.50. The number of nitrogens with two attached hydrogens (primary N) is 2. The Balaban J connectivity index is 1.41. The first-order chi connectivity index (χ1) is 20.6. The summed E-state index contributed by atoms with van der Waals surface area (Å²) in [7, 11) is 0. The third kappa shape index (κ3) is 5.48. The van der Waals surface area contributed by atoms with Crippen LogP contribution >= 0.6 is 0 Å². The largest absolute Gasteiger partial charge is 0.480 e. The van der Waals surface area contributed by atoms with Crippen molar-refractivity contribution in [1.82, 2.24) is 14.9 Å². The summed E-state index contributed by atoms with van der Waals surface area (Å²) >= 11 is 0. The molecule has 0 saturated carbocycles. The number of para-hydroxylation sites is 1. The molecule has 0 spiro atoms. The van der Waals surface area contributed by atoms with Gasteiger partial charge >= 0.3 is 17.9 Å². The van der Waals surface area contributed by atoms with Crippen LogP contribution in [0, 0.1) is 0 Å². The molecule has 6 N–H and O–H groups in total. The fourth-order valence-corrected chi connectivity index (χ4v) is 5.60. The fraction of sp³-hybridized carbons (Fsp3) is 0.400. The molecule has 0 aliphatic carbocycles. The molecule has 13 nitrogen and oxygen atoms in total. The highest BCUT2D eigenvalue weighted by Crippen LogP contribution is 2.41. The SMILES string of the molecule is CC[C@@]1(OC(=O)CC[C@H](NC(=O)[C@@H](N)CCCN)C(=O)O)C(=O)OCc2c1cc1n(c2=O)Cc2cc3ccccc3nc2-1. The molecule has 1 amide bonds. The zero-order chi connectivity index (χ0) is 30.9. The minimum atomic E-state index is -1.93. The Morgan fingerprint density at radius 2 is 1.98 bits per heavy atom. The number of carboxylic acids is 1. The molecular formula is C30H33N5O8. The maximum Gasteiger partial charge on any atom is 0.355 e. The van der Waals surface area contributed by atoms with Gasteiger partial charge in [-0.2, -0.15) is 0 Å². The summed E-state index contributed by atoms with van der Waals surface area (Å²) in [5.41, 5.74) is 12.0. The van der Waals surface area contributed by atoms with Gasteiger partial charge in [0.25, 0.3) is 5.56 Å². The van der Waals surface area contributed by atoms with Gasteiger partial charge in [0.15, 0.2) is 0 Å². The standard InChI is InChI=1S/C30H33N5O8/c1-2-30(43-24(36)10-9-22(28(39)40)34-26(37)20(32)7-5-11-31)19-13-23-25-17(12-16-6-3-4-8-21(16)33-25)14-35(23)27(38)18(19)15-42-29(30)41/h3-4,6,8,12-13,20,22H,2,5,7,9-11,14-15,31-32H2,1H3,(H,34,37)(H,39,40)/t20-,22-,30-/m0/s1. The van der Waals surface area contributed by atoms with Crippen molar-refractivity contribution in [2.75, 3.05) is 6.54 Å². The van der Waals surface area contributed by atoms with Crippen LogP contribution in [0.1, 0.15) is 55.7 Å². The van der Waals surface area contributed by atoms with Crippen molar-refractivity contribution in [1.29, 1.82) is 0 Å². The Labute approximate surface area is 246 Å². The summed E-state index contributed by atoms with van der Waals surface area (Å²) in [6.07, 6.45) is -0.0412. The Kier molecular flexibility index (Phi) is 8.29. The number of pyridine rings is 2. The fourth-order valence-electron chi connectivity index (χ4n) is 5.60. The molecule has 2 aliphatic heterocycles. The summed E-state index contributed by atoms with van der Waals surface area (Å²) in [5, 5.41) is 12.9. The topological polar surface area (TPSA) is 206 Å². The van der Waals surface area contributed by atoms with E-state index in [-0.39, 0.29) is 42.6 Å². The van der Waals surface area contributed by atoms with Gasteiger partial charge in [0.2, 0.25) is 11.5 Å². The number of benzene rings is 1. The number of carboxylic acid groups (broad SMARTS) is 1. The number of rotatable bonds is 11. The lowest BCUT2D eigenvalue weighted by Gasteiger charge is -2.35. The second-order valence-electron chi connectivity index (χ2n) is 10.7. The van der Waals surface area contributed by atoms with E-state index in [1.165, 1.54) is 0 Å². The summed E-state index contributed by atoms with van der Waals surface area (Å²) in [4.78, 5) is 68.9. The highest BCUT2D eigenvalue weighted by molar-refractivity contribution is 5.89. The molecule has 5 rings (SSSR count). The van der Waals surface area contributed by atoms with Crippen LogP contribution in [0.2, 0.25) is 0 Å². The number of cyclic esters (lactones) is 1. The van der Waals surface area contributed by atoms with E-state index in [2.05, 4.69) is 5.32 Å². The van der Waals surface area contributed by atoms with Crippen molar-refractivity contribution >= 4 is 34.7 Å². The molecule has 13 heteroatoms. The molecule has 43 heavy (non-hydrogen) atoms. The lowest BCUT2D eigenvalue weighted by molar-refractivity contribution is -0.189. The molecule has 2 aromatic heterocycles. The molecule has 1 aromatic carbocycles. The van der Waals surface area contributed by atoms with Gasteiger partial charge in [-0.1, -0.05) is 25.1 Å². The molecule has 3 aromatic rings. The van der Waals surface area contributed by atoms with Crippen molar-refractivity contribution < 1.29 is 33.8 Å². The van der Waals surface area contributed by atoms with Crippen LogP contribution < -0.4 is 22.3 Å². The van der Waals surface area contributed by atoms with Crippen LogP contribution in [-0.2, 0) is 47.4 Å². The molecule has 226 valence electrons. The Bertz CT molecular complexity index is 1680. The quantitative estimate of drug-likeness (QED) is 0.181. The smallest absolute Gasteiger partial charge is 0.355 e. The van der Waals surface area contributed by atoms with Crippen molar-refractivity contribution in [3.8, 4) is 11.4 Å². The third-order valence-corrected chi connectivity index (χ3v) is 7.98. The predicted octanol–water partition coefficient (Wildman–Crippen LogP) is 1.05. The van der Waals surface area contributed by atoms with Crippen LogP contribution in [-0.4, -0.2) is 57.1 Å². The molecule has 3 atom stereocenters. The van der Waals surface area contributed by atoms with E-state index < -0.39 is 47.9 Å². The number of ether oxygens (including phenoxy) is 2. The van der Waals surface area contributed by atoms with E-state index in [0.717, 1.165) is 16.5 Å². The van der Waals surface area contributed by atoms with Crippen molar-refractivity contribution in [3.05, 3.63) is 63.4 Å². The van der Waals surface area contributed by atoms with Gasteiger partial charge in [0, 0.05) is 22.9 Å². The summed E-state index contributed by atoms with van der Waals surface area (Å²) < 4.78 is 12.7. The highest BCUT2D eigenvalue weighted by atomic mass is 16.6. The van der Waals surface area contributed by atoms with E-state index in [0.29, 0.717) is 30.9 Å². The first kappa shape index (κ1) is 29.9. The number of nitrogens with one attached hydrogen (secondary N) is 1. The van der Waals surface area contributed by atoms with Crippen LogP contribution in [0.15, 0.2) is 41.2 Å². The molecule has 0 radical (unpaired) electrons. The van der Waals surface area contributed by atoms with E-state index in [9.17, 15) is 29.1 Å². The van der Waals surface area contributed by atoms with Gasteiger partial charge < -0.3 is 35.9 Å². The maximum atomic E-state index is 13.7. The van der Waals surface area contributed by atoms with Crippen molar-refractivity contribution in [2.24, 2.45) is 11.5 Å². The second-order valence-corrected chi connectivity index (χ2v) is 10.7. The molecular weight excluding hydrogens is 558 g/mol. The van der Waals surface area contributed by atoms with Crippen LogP contribution in [0.4, 0.5) is 0 Å². The number of carbonyl (C=O) groups is 4. The van der Waals surface area contributed by atoms with Gasteiger partial charge in [-0.05, 0) is 50.4 Å². The van der Waals surface area contributed by atoms with Gasteiger partial charge in [-0.25, -0.2) is 14.6 Å². The minimum Gasteiger partial charge on any atom is -0.480 e. The van der Waals surface area contributed by atoms with Crippen molar-refractivity contribution in [2.45, 2.75) is 69.9 Å². The molecule has 0 unspecified atom stereocenters. The Morgan fingerprint density at radius 1 is 1.21 bits per heavy atom. The summed E-state index contributed by atoms with van der Waals surface area (Å²) in [6, 6.07) is 8.83. The van der Waals surface area contributed by atoms with Gasteiger partial charge in [-0.3, -0.25) is 14.4 Å². The van der Waals surface area contributed by atoms with Crippen LogP contribution in [0.25, 0.3) is 22.3 Å². The molecule has 4 heterocycles. The summed E-state index contributed by atoms with van der Waals surface area (Å²) in [6.45, 7) is 1.96. The lowest BCUT2D eigenvalue weighted by Crippen LogP contribution is -2.49. The number of aromatic nitrogens is 2. The number of fused-ring (bicyclic) bond motifs is 5. The van der Waals surface area contributed by atoms with E-state index in [4.69, 9.17) is 25.9 Å². The van der Waals surface area contributed by atoms with Crippen LogP contribution in [0.3, 0.4) is 0 Å². The summed E-state index contributed by atoms with van der Waals surface area (Å²) in [5.74, 6) is -3.77. The van der Waals surface area contributed by atoms with Crippen molar-refractivity contribution in [3.63, 3.8) is 0 Å². The normalized spacial score (nSPS) is 18.2. The molecule has 0 bridgehead atoms. The number of aliphatic carboxylic acids is 1. The first-order valence-electron chi connectivity index (χ1n) is 14.1. The van der Waals surface area contributed by atoms with Gasteiger partial charge in [-0.15, -0.1) is 0 Å². The predicted molar refractivity (Wildman–Crippen MR) is 153 cm³/mol. The Morgan fingerprint density at radius 3 is 2.70 bits per heavy atom. The number of hydrogen-bond acceptors (Lipinski definition) is 10. The van der Waals surface area contributed by atoms with E-state index >= 15 is 0 Å². The molecule has 0 saturated heterocycles. The number of esters is 2. The number of nitrogens with zero attached hydrogens (tertiary/aromatic N) is 2. The number of hydrogen-bond donors (Lipinski definition) is 4. The van der Waals surface area contributed by atoms with Gasteiger partial charge in [0.1, 0.15) is 12.6 Å². The minimum absolute atomic E-state index is 0.0411. The monoisotopic (exact) mass is 591 g/mol. The first-order valence-corrected chi connectivity index (χ1v) is 14.1. The zero-order valence-electron chi connectivity index (χ0n) is 23.6. The number of amides is 1.